The number of carbonyl (C=O) groups is 1. The zero-order valence-electron chi connectivity index (χ0n) is 10.8. The Labute approximate surface area is 114 Å². The van der Waals surface area contributed by atoms with Crippen LogP contribution in [-0.2, 0) is 9.53 Å². The Morgan fingerprint density at radius 2 is 2.10 bits per heavy atom. The van der Waals surface area contributed by atoms with E-state index in [4.69, 9.17) is 4.74 Å². The Morgan fingerprint density at radius 1 is 1.35 bits per heavy atom. The van der Waals surface area contributed by atoms with Crippen LogP contribution in [0.15, 0.2) is 24.3 Å². The Balaban J connectivity index is 1.86. The lowest BCUT2D eigenvalue weighted by atomic mass is 9.89. The van der Waals surface area contributed by atoms with Gasteiger partial charge in [-0.25, -0.2) is 0 Å². The summed E-state index contributed by atoms with van der Waals surface area (Å²) in [6, 6.07) is 7.40. The second kappa shape index (κ2) is 6.26. The van der Waals surface area contributed by atoms with Crippen molar-refractivity contribution < 1.29 is 27.4 Å². The van der Waals surface area contributed by atoms with Gasteiger partial charge in [0.15, 0.2) is 5.78 Å². The van der Waals surface area contributed by atoms with Crippen molar-refractivity contribution in [2.45, 2.75) is 24.9 Å². The summed E-state index contributed by atoms with van der Waals surface area (Å²) < 4.78 is 45.6. The van der Waals surface area contributed by atoms with Gasteiger partial charge in [-0.15, -0.1) is 0 Å². The maximum Gasteiger partial charge on any atom is 0.411 e. The highest BCUT2D eigenvalue weighted by atomic mass is 19.4. The van der Waals surface area contributed by atoms with Gasteiger partial charge in [0, 0.05) is 6.42 Å². The molecule has 1 aliphatic rings. The molecule has 0 aliphatic carbocycles. The average molecular weight is 288 g/mol. The predicted molar refractivity (Wildman–Crippen MR) is 65.8 cm³/mol. The topological polar surface area (TPSA) is 35.5 Å². The molecule has 0 N–H and O–H groups in total. The normalized spacial score (nSPS) is 18.2. The lowest BCUT2D eigenvalue weighted by molar-refractivity contribution is -0.175. The molecule has 110 valence electrons. The summed E-state index contributed by atoms with van der Waals surface area (Å²) in [4.78, 5) is 11.7. The largest absolute Gasteiger partial charge is 0.493 e. The standard InChI is InChI=1S/C14H15F3O3/c15-14(16,17)9-19-8-11(18)7-10-5-6-20-13-4-2-1-3-12(10)13/h1-4,10H,5-9H2. The van der Waals surface area contributed by atoms with Crippen LogP contribution in [0.4, 0.5) is 13.2 Å². The summed E-state index contributed by atoms with van der Waals surface area (Å²) in [5, 5.41) is 0. The van der Waals surface area contributed by atoms with Gasteiger partial charge >= 0.3 is 6.18 Å². The van der Waals surface area contributed by atoms with Crippen molar-refractivity contribution >= 4 is 5.78 Å². The molecule has 1 heterocycles. The zero-order chi connectivity index (χ0) is 14.6. The van der Waals surface area contributed by atoms with Crippen molar-refractivity contribution in [2.75, 3.05) is 19.8 Å². The average Bonchev–Trinajstić information content (AvgIpc) is 2.37. The lowest BCUT2D eigenvalue weighted by Gasteiger charge is -2.25. The molecule has 0 aromatic heterocycles. The van der Waals surface area contributed by atoms with Crippen molar-refractivity contribution in [3.8, 4) is 5.75 Å². The summed E-state index contributed by atoms with van der Waals surface area (Å²) in [7, 11) is 0. The van der Waals surface area contributed by atoms with E-state index in [1.165, 1.54) is 0 Å². The molecular weight excluding hydrogens is 273 g/mol. The second-order valence-electron chi connectivity index (χ2n) is 4.72. The van der Waals surface area contributed by atoms with Crippen LogP contribution in [-0.4, -0.2) is 31.8 Å². The van der Waals surface area contributed by atoms with E-state index in [9.17, 15) is 18.0 Å². The Bertz CT molecular complexity index is 471. The van der Waals surface area contributed by atoms with Crippen LogP contribution in [0.5, 0.6) is 5.75 Å². The first-order valence-electron chi connectivity index (χ1n) is 6.33. The minimum atomic E-state index is -4.40. The number of carbonyl (C=O) groups excluding carboxylic acids is 1. The fraction of sp³-hybridized carbons (Fsp3) is 0.500. The van der Waals surface area contributed by atoms with E-state index in [0.717, 1.165) is 11.3 Å². The van der Waals surface area contributed by atoms with Crippen molar-refractivity contribution in [3.63, 3.8) is 0 Å². The number of halogens is 3. The molecule has 2 rings (SSSR count). The van der Waals surface area contributed by atoms with Gasteiger partial charge in [0.25, 0.3) is 0 Å². The molecule has 0 bridgehead atoms. The number of rotatable bonds is 5. The molecule has 0 amide bonds. The number of hydrogen-bond donors (Lipinski definition) is 0. The van der Waals surface area contributed by atoms with Gasteiger partial charge in [0.1, 0.15) is 19.0 Å². The molecule has 1 aromatic rings. The minimum absolute atomic E-state index is 0.0121. The first-order chi connectivity index (χ1) is 9.46. The van der Waals surface area contributed by atoms with E-state index in [2.05, 4.69) is 4.74 Å². The summed E-state index contributed by atoms with van der Waals surface area (Å²) in [5.41, 5.74) is 0.933. The van der Waals surface area contributed by atoms with E-state index in [1.807, 2.05) is 24.3 Å². The molecule has 1 atom stereocenters. The third-order valence-corrected chi connectivity index (χ3v) is 3.09. The summed E-state index contributed by atoms with van der Waals surface area (Å²) >= 11 is 0. The highest BCUT2D eigenvalue weighted by Gasteiger charge is 2.28. The number of ether oxygens (including phenoxy) is 2. The van der Waals surface area contributed by atoms with Crippen molar-refractivity contribution in [1.29, 1.82) is 0 Å². The maximum atomic E-state index is 11.9. The summed E-state index contributed by atoms with van der Waals surface area (Å²) in [6.07, 6.45) is -3.54. The quantitative estimate of drug-likeness (QED) is 0.835. The number of ketones is 1. The van der Waals surface area contributed by atoms with Crippen LogP contribution in [0.3, 0.4) is 0 Å². The molecule has 0 spiro atoms. The predicted octanol–water partition coefficient (Wildman–Crippen LogP) is 3.09. The molecule has 0 fully saturated rings. The highest BCUT2D eigenvalue weighted by Crippen LogP contribution is 2.35. The molecule has 1 unspecified atom stereocenters. The number of Topliss-reactive ketones (excluding diaryl/α,β-unsaturated/α-hetero) is 1. The first kappa shape index (κ1) is 14.8. The Kier molecular flexibility index (Phi) is 4.65. The molecule has 3 nitrogen and oxygen atoms in total. The van der Waals surface area contributed by atoms with Crippen molar-refractivity contribution in [1.82, 2.24) is 0 Å². The van der Waals surface area contributed by atoms with E-state index in [-0.39, 0.29) is 18.1 Å². The lowest BCUT2D eigenvalue weighted by Crippen LogP contribution is -2.22. The van der Waals surface area contributed by atoms with Crippen molar-refractivity contribution in [3.05, 3.63) is 29.8 Å². The van der Waals surface area contributed by atoms with Gasteiger partial charge in [0.2, 0.25) is 0 Å². The number of benzene rings is 1. The monoisotopic (exact) mass is 288 g/mol. The molecule has 6 heteroatoms. The van der Waals surface area contributed by atoms with Gasteiger partial charge < -0.3 is 9.47 Å². The molecule has 0 radical (unpaired) electrons. The third kappa shape index (κ3) is 4.23. The van der Waals surface area contributed by atoms with Crippen LogP contribution >= 0.6 is 0 Å². The summed E-state index contributed by atoms with van der Waals surface area (Å²) in [5.74, 6) is 0.408. The Hall–Kier alpha value is -1.56. The Morgan fingerprint density at radius 3 is 2.85 bits per heavy atom. The van der Waals surface area contributed by atoms with E-state index in [0.29, 0.717) is 13.0 Å². The highest BCUT2D eigenvalue weighted by molar-refractivity contribution is 5.80. The van der Waals surface area contributed by atoms with Crippen LogP contribution in [0.25, 0.3) is 0 Å². The van der Waals surface area contributed by atoms with Gasteiger partial charge in [-0.3, -0.25) is 4.79 Å². The molecule has 0 saturated heterocycles. The van der Waals surface area contributed by atoms with E-state index in [1.54, 1.807) is 0 Å². The maximum absolute atomic E-state index is 11.9. The van der Waals surface area contributed by atoms with Gasteiger partial charge in [-0.05, 0) is 24.0 Å². The molecular formula is C14H15F3O3. The van der Waals surface area contributed by atoms with Crippen LogP contribution in [0.2, 0.25) is 0 Å². The number of alkyl halides is 3. The SMILES string of the molecule is O=C(COCC(F)(F)F)CC1CCOc2ccccc21. The van der Waals surface area contributed by atoms with E-state index >= 15 is 0 Å². The van der Waals surface area contributed by atoms with Crippen LogP contribution in [0.1, 0.15) is 24.3 Å². The number of para-hydroxylation sites is 1. The number of hydrogen-bond acceptors (Lipinski definition) is 3. The van der Waals surface area contributed by atoms with Gasteiger partial charge in [0.05, 0.1) is 6.61 Å². The fourth-order valence-corrected chi connectivity index (χ4v) is 2.24. The molecule has 0 saturated carbocycles. The second-order valence-corrected chi connectivity index (χ2v) is 4.72. The third-order valence-electron chi connectivity index (χ3n) is 3.09. The molecule has 20 heavy (non-hydrogen) atoms. The van der Waals surface area contributed by atoms with Crippen LogP contribution in [0, 0.1) is 0 Å². The van der Waals surface area contributed by atoms with Crippen LogP contribution < -0.4 is 4.74 Å². The molecule has 1 aromatic carbocycles. The van der Waals surface area contributed by atoms with Gasteiger partial charge in [-0.2, -0.15) is 13.2 Å². The molecule has 1 aliphatic heterocycles. The number of fused-ring (bicyclic) bond motifs is 1. The first-order valence-corrected chi connectivity index (χ1v) is 6.33. The van der Waals surface area contributed by atoms with E-state index < -0.39 is 19.4 Å². The zero-order valence-corrected chi connectivity index (χ0v) is 10.8. The van der Waals surface area contributed by atoms with Crippen molar-refractivity contribution in [2.24, 2.45) is 0 Å². The minimum Gasteiger partial charge on any atom is -0.493 e. The smallest absolute Gasteiger partial charge is 0.411 e. The summed E-state index contributed by atoms with van der Waals surface area (Å²) in [6.45, 7) is -1.37. The fourth-order valence-electron chi connectivity index (χ4n) is 2.24. The van der Waals surface area contributed by atoms with Gasteiger partial charge in [-0.1, -0.05) is 18.2 Å².